The molecule has 0 bridgehead atoms. The quantitative estimate of drug-likeness (QED) is 0.535. The van der Waals surface area contributed by atoms with Crippen LogP contribution in [-0.4, -0.2) is 42.7 Å². The molecule has 1 aliphatic rings. The minimum Gasteiger partial charge on any atom is -0.462 e. The lowest BCUT2D eigenvalue weighted by atomic mass is 10.0. The molecule has 0 spiro atoms. The highest BCUT2D eigenvalue weighted by Crippen LogP contribution is 2.26. The number of aryl methyl sites for hydroxylation is 1. The van der Waals surface area contributed by atoms with Gasteiger partial charge >= 0.3 is 5.97 Å². The van der Waals surface area contributed by atoms with E-state index in [1.807, 2.05) is 24.3 Å². The Bertz CT molecular complexity index is 1300. The van der Waals surface area contributed by atoms with Crippen molar-refractivity contribution in [3.05, 3.63) is 75.8 Å². The fourth-order valence-corrected chi connectivity index (χ4v) is 5.88. The maximum Gasteiger partial charge on any atom is 0.350 e. The zero-order chi connectivity index (χ0) is 23.6. The average molecular weight is 486 g/mol. The van der Waals surface area contributed by atoms with Crippen LogP contribution in [0.25, 0.3) is 0 Å². The second kappa shape index (κ2) is 9.42. The number of nitrogens with one attached hydrogen (secondary N) is 1. The van der Waals surface area contributed by atoms with E-state index in [1.54, 1.807) is 13.8 Å². The van der Waals surface area contributed by atoms with Gasteiger partial charge in [-0.15, -0.1) is 0 Å². The highest BCUT2D eigenvalue weighted by atomic mass is 32.2. The Labute approximate surface area is 196 Å². The number of nitrogens with zero attached hydrogens (tertiary/aromatic N) is 2. The molecule has 0 radical (unpaired) electrons. The van der Waals surface area contributed by atoms with Crippen LogP contribution < -0.4 is 5.32 Å². The molecular formula is C23H23N3O5S2. The number of hydrogen-bond acceptors (Lipinski definition) is 7. The molecule has 1 amide bonds. The summed E-state index contributed by atoms with van der Waals surface area (Å²) in [6.07, 6.45) is 0.664. The number of aromatic nitrogens is 1. The molecule has 8 nitrogen and oxygen atoms in total. The molecule has 0 atom stereocenters. The zero-order valence-corrected chi connectivity index (χ0v) is 19.8. The standard InChI is InChI=1S/C23H23N3O5S2/c1-3-31-22(28)20-15(2)24-23(32-20)25-21(27)17-8-10-19(11-9-17)33(29,30)26-13-12-16-6-4-5-7-18(16)14-26/h4-11H,3,12-14H2,1-2H3,(H,24,25,27). The van der Waals surface area contributed by atoms with Gasteiger partial charge in [0.2, 0.25) is 10.0 Å². The monoisotopic (exact) mass is 485 g/mol. The first kappa shape index (κ1) is 23.1. The van der Waals surface area contributed by atoms with Crippen molar-refractivity contribution in [2.45, 2.75) is 31.7 Å². The Hall–Kier alpha value is -3.08. The van der Waals surface area contributed by atoms with Crippen molar-refractivity contribution in [2.75, 3.05) is 18.5 Å². The van der Waals surface area contributed by atoms with Crippen LogP contribution in [0.15, 0.2) is 53.4 Å². The Morgan fingerprint density at radius 3 is 2.52 bits per heavy atom. The van der Waals surface area contributed by atoms with Crippen LogP contribution in [0.4, 0.5) is 5.13 Å². The maximum atomic E-state index is 13.1. The molecule has 1 N–H and O–H groups in total. The highest BCUT2D eigenvalue weighted by molar-refractivity contribution is 7.89. The number of anilines is 1. The lowest BCUT2D eigenvalue weighted by Gasteiger charge is -2.28. The van der Waals surface area contributed by atoms with Crippen molar-refractivity contribution >= 4 is 38.4 Å². The van der Waals surface area contributed by atoms with Crippen molar-refractivity contribution in [2.24, 2.45) is 0 Å². The number of rotatable bonds is 6. The van der Waals surface area contributed by atoms with E-state index in [1.165, 1.54) is 34.1 Å². The summed E-state index contributed by atoms with van der Waals surface area (Å²) < 4.78 is 32.6. The number of benzene rings is 2. The first-order valence-corrected chi connectivity index (χ1v) is 12.7. The number of amides is 1. The lowest BCUT2D eigenvalue weighted by molar-refractivity contribution is 0.0531. The molecule has 0 fully saturated rings. The van der Waals surface area contributed by atoms with Gasteiger partial charge in [-0.05, 0) is 55.7 Å². The lowest BCUT2D eigenvalue weighted by Crippen LogP contribution is -2.35. The fraction of sp³-hybridized carbons (Fsp3) is 0.261. The highest BCUT2D eigenvalue weighted by Gasteiger charge is 2.28. The van der Waals surface area contributed by atoms with E-state index in [2.05, 4.69) is 10.3 Å². The predicted octanol–water partition coefficient (Wildman–Crippen LogP) is 3.63. The maximum absolute atomic E-state index is 13.1. The van der Waals surface area contributed by atoms with Crippen LogP contribution in [0.2, 0.25) is 0 Å². The van der Waals surface area contributed by atoms with Gasteiger partial charge in [-0.25, -0.2) is 18.2 Å². The molecule has 0 saturated heterocycles. The second-order valence-corrected chi connectivity index (χ2v) is 10.4. The van der Waals surface area contributed by atoms with Gasteiger partial charge in [-0.3, -0.25) is 10.1 Å². The SMILES string of the molecule is CCOC(=O)c1sc(NC(=O)c2ccc(S(=O)(=O)N3CCc4ccccc4C3)cc2)nc1C. The number of sulfonamides is 1. The number of fused-ring (bicyclic) bond motifs is 1. The molecule has 4 rings (SSSR count). The van der Waals surface area contributed by atoms with Gasteiger partial charge in [0.1, 0.15) is 4.88 Å². The third kappa shape index (κ3) is 4.82. The Morgan fingerprint density at radius 1 is 1.12 bits per heavy atom. The van der Waals surface area contributed by atoms with E-state index in [0.29, 0.717) is 30.1 Å². The van der Waals surface area contributed by atoms with Crippen LogP contribution in [0.1, 0.15) is 43.8 Å². The van der Waals surface area contributed by atoms with E-state index >= 15 is 0 Å². The van der Waals surface area contributed by atoms with Gasteiger partial charge in [0, 0.05) is 18.7 Å². The molecule has 1 aliphatic heterocycles. The molecule has 2 heterocycles. The molecule has 172 valence electrons. The van der Waals surface area contributed by atoms with Gasteiger partial charge < -0.3 is 4.74 Å². The van der Waals surface area contributed by atoms with E-state index in [9.17, 15) is 18.0 Å². The smallest absolute Gasteiger partial charge is 0.350 e. The molecule has 0 unspecified atom stereocenters. The van der Waals surface area contributed by atoms with Crippen LogP contribution in [-0.2, 0) is 27.7 Å². The van der Waals surface area contributed by atoms with Crippen LogP contribution in [0.3, 0.4) is 0 Å². The van der Waals surface area contributed by atoms with Crippen molar-refractivity contribution in [3.63, 3.8) is 0 Å². The molecule has 1 aromatic heterocycles. The molecule has 33 heavy (non-hydrogen) atoms. The third-order valence-electron chi connectivity index (χ3n) is 5.33. The molecule has 3 aromatic rings. The number of ether oxygens (including phenoxy) is 1. The van der Waals surface area contributed by atoms with Crippen LogP contribution >= 0.6 is 11.3 Å². The topological polar surface area (TPSA) is 106 Å². The van der Waals surface area contributed by atoms with Crippen molar-refractivity contribution in [1.82, 2.24) is 9.29 Å². The summed E-state index contributed by atoms with van der Waals surface area (Å²) in [5, 5.41) is 2.92. The molecule has 0 saturated carbocycles. The van der Waals surface area contributed by atoms with Gasteiger partial charge in [0.05, 0.1) is 17.2 Å². The average Bonchev–Trinajstić information content (AvgIpc) is 3.18. The van der Waals surface area contributed by atoms with Crippen LogP contribution in [0.5, 0.6) is 0 Å². The van der Waals surface area contributed by atoms with E-state index < -0.39 is 21.9 Å². The number of carbonyl (C=O) groups is 2. The number of thiazole rings is 1. The Balaban J connectivity index is 1.46. The molecule has 0 aliphatic carbocycles. The number of esters is 1. The third-order valence-corrected chi connectivity index (χ3v) is 8.24. The normalized spacial score (nSPS) is 13.9. The summed E-state index contributed by atoms with van der Waals surface area (Å²) >= 11 is 1.03. The summed E-state index contributed by atoms with van der Waals surface area (Å²) in [6, 6.07) is 13.6. The van der Waals surface area contributed by atoms with Crippen molar-refractivity contribution in [1.29, 1.82) is 0 Å². The summed E-state index contributed by atoms with van der Waals surface area (Å²) in [7, 11) is -3.68. The van der Waals surface area contributed by atoms with E-state index in [0.717, 1.165) is 16.9 Å². The predicted molar refractivity (Wildman–Crippen MR) is 125 cm³/mol. The van der Waals surface area contributed by atoms with Crippen LogP contribution in [0, 0.1) is 6.92 Å². The number of carbonyl (C=O) groups excluding carboxylic acids is 2. The van der Waals surface area contributed by atoms with E-state index in [-0.39, 0.29) is 22.2 Å². The minimum absolute atomic E-state index is 0.133. The second-order valence-electron chi connectivity index (χ2n) is 7.49. The molecule has 2 aromatic carbocycles. The van der Waals surface area contributed by atoms with E-state index in [4.69, 9.17) is 4.74 Å². The summed E-state index contributed by atoms with van der Waals surface area (Å²) in [5.74, 6) is -0.932. The fourth-order valence-electron chi connectivity index (χ4n) is 3.61. The van der Waals surface area contributed by atoms with Crippen molar-refractivity contribution in [3.8, 4) is 0 Å². The first-order chi connectivity index (χ1) is 15.8. The van der Waals surface area contributed by atoms with Gasteiger partial charge in [-0.2, -0.15) is 4.31 Å². The largest absolute Gasteiger partial charge is 0.462 e. The van der Waals surface area contributed by atoms with Gasteiger partial charge in [0.25, 0.3) is 5.91 Å². The Morgan fingerprint density at radius 2 is 1.82 bits per heavy atom. The van der Waals surface area contributed by atoms with Gasteiger partial charge in [0.15, 0.2) is 5.13 Å². The first-order valence-electron chi connectivity index (χ1n) is 10.4. The summed E-state index contributed by atoms with van der Waals surface area (Å²) in [4.78, 5) is 29.2. The Kier molecular flexibility index (Phi) is 6.59. The molecular weight excluding hydrogens is 462 g/mol. The molecule has 10 heteroatoms. The van der Waals surface area contributed by atoms with Crippen molar-refractivity contribution < 1.29 is 22.7 Å². The zero-order valence-electron chi connectivity index (χ0n) is 18.2. The van der Waals surface area contributed by atoms with Gasteiger partial charge in [-0.1, -0.05) is 35.6 Å². The summed E-state index contributed by atoms with van der Waals surface area (Å²) in [6.45, 7) is 4.36. The summed E-state index contributed by atoms with van der Waals surface area (Å²) in [5.41, 5.74) is 2.92. The minimum atomic E-state index is -3.68. The number of hydrogen-bond donors (Lipinski definition) is 1.